The molecule has 1 N–H and O–H groups in total. The Morgan fingerprint density at radius 1 is 1.19 bits per heavy atom. The van der Waals surface area contributed by atoms with Crippen molar-refractivity contribution in [2.45, 2.75) is 25.4 Å². The minimum absolute atomic E-state index is 0.0634. The third-order valence-electron chi connectivity index (χ3n) is 5.11. The maximum absolute atomic E-state index is 12.7. The van der Waals surface area contributed by atoms with E-state index in [1.807, 2.05) is 47.5 Å². The zero-order chi connectivity index (χ0) is 17.9. The zero-order valence-corrected chi connectivity index (χ0v) is 14.5. The lowest BCUT2D eigenvalue weighted by Crippen LogP contribution is -2.41. The number of nitrogens with zero attached hydrogens (tertiary/aromatic N) is 4. The number of amides is 1. The maximum Gasteiger partial charge on any atom is 0.274 e. The minimum atomic E-state index is -0.367. The maximum atomic E-state index is 12.7. The summed E-state index contributed by atoms with van der Waals surface area (Å²) in [6.45, 7) is 1.30. The van der Waals surface area contributed by atoms with E-state index in [1.165, 1.54) is 0 Å². The molecular weight excluding hydrogens is 328 g/mol. The van der Waals surface area contributed by atoms with E-state index in [0.717, 1.165) is 18.4 Å². The molecule has 1 saturated heterocycles. The van der Waals surface area contributed by atoms with Gasteiger partial charge in [-0.25, -0.2) is 9.97 Å². The van der Waals surface area contributed by atoms with Crippen molar-refractivity contribution in [1.29, 1.82) is 0 Å². The van der Waals surface area contributed by atoms with Crippen LogP contribution < -0.4 is 0 Å². The van der Waals surface area contributed by atoms with Gasteiger partial charge in [-0.3, -0.25) is 9.20 Å². The first-order chi connectivity index (χ1) is 12.7. The van der Waals surface area contributed by atoms with Gasteiger partial charge in [0, 0.05) is 31.7 Å². The van der Waals surface area contributed by atoms with Gasteiger partial charge in [-0.1, -0.05) is 30.3 Å². The summed E-state index contributed by atoms with van der Waals surface area (Å²) in [6, 6.07) is 11.9. The molecule has 0 unspecified atom stereocenters. The molecule has 0 radical (unpaired) electrons. The van der Waals surface area contributed by atoms with Gasteiger partial charge in [-0.15, -0.1) is 0 Å². The largest absolute Gasteiger partial charge is 0.392 e. The normalized spacial score (nSPS) is 16.7. The molecule has 1 fully saturated rings. The average Bonchev–Trinajstić information content (AvgIpc) is 3.12. The number of fused-ring (bicyclic) bond motifs is 1. The predicted molar refractivity (Wildman–Crippen MR) is 97.8 cm³/mol. The highest BCUT2D eigenvalue weighted by Crippen LogP contribution is 2.24. The number of hydrogen-bond acceptors (Lipinski definition) is 4. The number of likely N-dealkylation sites (tertiary alicyclic amines) is 1. The van der Waals surface area contributed by atoms with Gasteiger partial charge in [0.1, 0.15) is 5.69 Å². The summed E-state index contributed by atoms with van der Waals surface area (Å²) < 4.78 is 1.75. The molecule has 3 heterocycles. The fourth-order valence-electron chi connectivity index (χ4n) is 3.60. The summed E-state index contributed by atoms with van der Waals surface area (Å²) in [4.78, 5) is 23.0. The molecule has 6 heteroatoms. The van der Waals surface area contributed by atoms with Crippen molar-refractivity contribution in [2.24, 2.45) is 5.92 Å². The second-order valence-electron chi connectivity index (χ2n) is 6.84. The number of piperidine rings is 1. The molecule has 0 saturated carbocycles. The van der Waals surface area contributed by atoms with E-state index in [1.54, 1.807) is 16.8 Å². The van der Waals surface area contributed by atoms with Gasteiger partial charge in [0.15, 0.2) is 0 Å². The molecule has 1 aliphatic rings. The van der Waals surface area contributed by atoms with Crippen molar-refractivity contribution in [3.8, 4) is 0 Å². The first kappa shape index (κ1) is 16.7. The van der Waals surface area contributed by atoms with Crippen LogP contribution in [0.2, 0.25) is 0 Å². The lowest BCUT2D eigenvalue weighted by molar-refractivity contribution is 0.0464. The molecule has 1 aliphatic heterocycles. The van der Waals surface area contributed by atoms with Crippen LogP contribution >= 0.6 is 0 Å². The Kier molecular flexibility index (Phi) is 4.67. The monoisotopic (exact) mass is 350 g/mol. The first-order valence-electron chi connectivity index (χ1n) is 9.02. The van der Waals surface area contributed by atoms with Crippen molar-refractivity contribution in [3.05, 3.63) is 66.2 Å². The number of carbonyl (C=O) groups excluding carboxylic acids is 1. The minimum Gasteiger partial charge on any atom is -0.392 e. The Labute approximate surface area is 152 Å². The van der Waals surface area contributed by atoms with Crippen molar-refractivity contribution in [3.63, 3.8) is 0 Å². The van der Waals surface area contributed by atoms with E-state index in [9.17, 15) is 9.90 Å². The Hall–Kier alpha value is -2.73. The summed E-state index contributed by atoms with van der Waals surface area (Å²) in [6.07, 6.45) is 7.14. The number of aliphatic hydroxyl groups is 1. The predicted octanol–water partition coefficient (Wildman–Crippen LogP) is 2.19. The second kappa shape index (κ2) is 7.25. The number of rotatable bonds is 4. The molecule has 0 bridgehead atoms. The third-order valence-corrected chi connectivity index (χ3v) is 5.11. The van der Waals surface area contributed by atoms with E-state index < -0.39 is 0 Å². The van der Waals surface area contributed by atoms with Crippen LogP contribution in [-0.4, -0.2) is 49.5 Å². The van der Waals surface area contributed by atoms with Gasteiger partial charge in [-0.2, -0.15) is 0 Å². The second-order valence-corrected chi connectivity index (χ2v) is 6.84. The van der Waals surface area contributed by atoms with Crippen molar-refractivity contribution in [1.82, 2.24) is 19.3 Å². The number of hydrogen-bond donors (Lipinski definition) is 1. The van der Waals surface area contributed by atoms with Crippen molar-refractivity contribution >= 4 is 11.7 Å². The quantitative estimate of drug-likeness (QED) is 0.783. The summed E-state index contributed by atoms with van der Waals surface area (Å²) in [5.41, 5.74) is 1.57. The SMILES string of the molecule is O=C(c1cn2cccnc2n1)N1CCC([C@H](O)Cc2ccccc2)CC1. The van der Waals surface area contributed by atoms with Gasteiger partial charge in [0.2, 0.25) is 5.78 Å². The molecule has 4 rings (SSSR count). The summed E-state index contributed by atoms with van der Waals surface area (Å²) in [5, 5.41) is 10.5. The van der Waals surface area contributed by atoms with Crippen LogP contribution in [0.25, 0.3) is 5.78 Å². The van der Waals surface area contributed by atoms with Crippen LogP contribution in [0, 0.1) is 5.92 Å². The van der Waals surface area contributed by atoms with Gasteiger partial charge in [0.05, 0.1) is 6.10 Å². The Balaban J connectivity index is 1.36. The molecule has 1 atom stereocenters. The molecule has 6 nitrogen and oxygen atoms in total. The highest BCUT2D eigenvalue weighted by atomic mass is 16.3. The summed E-state index contributed by atoms with van der Waals surface area (Å²) in [5.74, 6) is 0.692. The molecule has 1 aromatic carbocycles. The zero-order valence-electron chi connectivity index (χ0n) is 14.5. The van der Waals surface area contributed by atoms with E-state index in [4.69, 9.17) is 0 Å². The number of aromatic nitrogens is 3. The molecule has 3 aromatic rings. The number of benzene rings is 1. The number of imidazole rings is 1. The fourth-order valence-corrected chi connectivity index (χ4v) is 3.60. The summed E-state index contributed by atoms with van der Waals surface area (Å²) in [7, 11) is 0. The highest BCUT2D eigenvalue weighted by molar-refractivity contribution is 5.92. The van der Waals surface area contributed by atoms with Gasteiger partial charge in [0.25, 0.3) is 5.91 Å². The lowest BCUT2D eigenvalue weighted by Gasteiger charge is -2.34. The van der Waals surface area contributed by atoms with Crippen molar-refractivity contribution < 1.29 is 9.90 Å². The van der Waals surface area contributed by atoms with Crippen LogP contribution in [0.1, 0.15) is 28.9 Å². The molecule has 0 spiro atoms. The molecule has 1 amide bonds. The van der Waals surface area contributed by atoms with Crippen LogP contribution in [0.3, 0.4) is 0 Å². The third kappa shape index (κ3) is 3.46. The van der Waals surface area contributed by atoms with Gasteiger partial charge < -0.3 is 10.0 Å². The molecule has 2 aromatic heterocycles. The number of aliphatic hydroxyl groups excluding tert-OH is 1. The van der Waals surface area contributed by atoms with Crippen LogP contribution in [0.15, 0.2) is 55.0 Å². The smallest absolute Gasteiger partial charge is 0.274 e. The number of carbonyl (C=O) groups is 1. The van der Waals surface area contributed by atoms with E-state index in [-0.39, 0.29) is 17.9 Å². The average molecular weight is 350 g/mol. The topological polar surface area (TPSA) is 70.7 Å². The van der Waals surface area contributed by atoms with Gasteiger partial charge in [-0.05, 0) is 36.8 Å². The van der Waals surface area contributed by atoms with E-state index >= 15 is 0 Å². The van der Waals surface area contributed by atoms with Crippen LogP contribution in [0.5, 0.6) is 0 Å². The van der Waals surface area contributed by atoms with E-state index in [2.05, 4.69) is 9.97 Å². The van der Waals surface area contributed by atoms with Crippen molar-refractivity contribution in [2.75, 3.05) is 13.1 Å². The first-order valence-corrected chi connectivity index (χ1v) is 9.02. The Morgan fingerprint density at radius 3 is 2.69 bits per heavy atom. The fraction of sp³-hybridized carbons (Fsp3) is 0.350. The molecule has 0 aliphatic carbocycles. The molecule has 134 valence electrons. The van der Waals surface area contributed by atoms with Crippen LogP contribution in [-0.2, 0) is 6.42 Å². The summed E-state index contributed by atoms with van der Waals surface area (Å²) >= 11 is 0. The molecule has 26 heavy (non-hydrogen) atoms. The Bertz CT molecular complexity index is 852. The highest BCUT2D eigenvalue weighted by Gasteiger charge is 2.29. The van der Waals surface area contributed by atoms with E-state index in [0.29, 0.717) is 31.0 Å². The van der Waals surface area contributed by atoms with Gasteiger partial charge >= 0.3 is 0 Å². The Morgan fingerprint density at radius 2 is 1.96 bits per heavy atom. The molecular formula is C20H22N4O2. The lowest BCUT2D eigenvalue weighted by atomic mass is 9.88. The van der Waals surface area contributed by atoms with Crippen LogP contribution in [0.4, 0.5) is 0 Å². The standard InChI is InChI=1S/C20H22N4O2/c25-18(13-15-5-2-1-3-6-15)16-7-11-23(12-8-16)19(26)17-14-24-10-4-9-21-20(24)22-17/h1-6,9-10,14,16,18,25H,7-8,11-13H2/t18-/m1/s1.